The number of fused-ring (bicyclic) bond motifs is 2. The minimum atomic E-state index is -0.0493. The molecular weight excluding hydrogens is 310 g/mol. The van der Waals surface area contributed by atoms with Gasteiger partial charge in [0.05, 0.1) is 0 Å². The van der Waals surface area contributed by atoms with Crippen molar-refractivity contribution in [2.24, 2.45) is 0 Å². The molecule has 4 nitrogen and oxygen atoms in total. The molecule has 116 valence electrons. The van der Waals surface area contributed by atoms with Crippen LogP contribution in [0.2, 0.25) is 0 Å². The Morgan fingerprint density at radius 2 is 2.13 bits per heavy atom. The molecule has 1 aromatic carbocycles. The van der Waals surface area contributed by atoms with Crippen LogP contribution in [0.5, 0.6) is 11.5 Å². The maximum Gasteiger partial charge on any atom is 0.251 e. The molecule has 1 amide bonds. The molecule has 0 fully saturated rings. The van der Waals surface area contributed by atoms with Gasteiger partial charge in [-0.3, -0.25) is 4.79 Å². The first-order valence-corrected chi connectivity index (χ1v) is 8.25. The number of hydrogen-bond acceptors (Lipinski definition) is 4. The van der Waals surface area contributed by atoms with Crippen molar-refractivity contribution in [1.29, 1.82) is 0 Å². The third-order valence-electron chi connectivity index (χ3n) is 4.04. The second-order valence-corrected chi connectivity index (χ2v) is 6.38. The van der Waals surface area contributed by atoms with Crippen LogP contribution in [0, 0.1) is 0 Å². The Hall–Kier alpha value is -2.53. The Labute approximate surface area is 138 Å². The van der Waals surface area contributed by atoms with Gasteiger partial charge in [0.2, 0.25) is 6.79 Å². The predicted molar refractivity (Wildman–Crippen MR) is 90.4 cm³/mol. The fourth-order valence-corrected chi connectivity index (χ4v) is 3.46. The monoisotopic (exact) mass is 325 g/mol. The van der Waals surface area contributed by atoms with Gasteiger partial charge < -0.3 is 14.4 Å². The minimum Gasteiger partial charge on any atom is -0.454 e. The van der Waals surface area contributed by atoms with E-state index in [0.29, 0.717) is 18.0 Å². The SMILES string of the molecule is C=C1c2cc3c(cc2CCN1C(=O)/C=C/c1cccs1)OCO3. The Morgan fingerprint density at radius 3 is 2.91 bits per heavy atom. The van der Waals surface area contributed by atoms with Crippen LogP contribution >= 0.6 is 11.3 Å². The Morgan fingerprint density at radius 1 is 1.30 bits per heavy atom. The third-order valence-corrected chi connectivity index (χ3v) is 4.88. The maximum atomic E-state index is 12.5. The van der Waals surface area contributed by atoms with Crippen molar-refractivity contribution in [2.45, 2.75) is 6.42 Å². The second kappa shape index (κ2) is 5.59. The summed E-state index contributed by atoms with van der Waals surface area (Å²) in [7, 11) is 0. The molecule has 0 aliphatic carbocycles. The van der Waals surface area contributed by atoms with E-state index in [-0.39, 0.29) is 12.7 Å². The molecule has 0 unspecified atom stereocenters. The standard InChI is InChI=1S/C18H15NO3S/c1-12-15-10-17-16(21-11-22-17)9-13(15)6-7-19(12)18(20)5-4-14-3-2-8-23-14/h2-5,8-10H,1,6-7,11H2/b5-4+. The van der Waals surface area contributed by atoms with Crippen molar-refractivity contribution in [3.63, 3.8) is 0 Å². The Bertz CT molecular complexity index is 808. The molecule has 0 spiro atoms. The number of hydrogen-bond donors (Lipinski definition) is 0. The van der Waals surface area contributed by atoms with Gasteiger partial charge >= 0.3 is 0 Å². The Kier molecular flexibility index (Phi) is 3.42. The van der Waals surface area contributed by atoms with Crippen LogP contribution in [0.25, 0.3) is 11.8 Å². The van der Waals surface area contributed by atoms with E-state index in [0.717, 1.165) is 28.2 Å². The van der Waals surface area contributed by atoms with E-state index in [4.69, 9.17) is 9.47 Å². The molecule has 4 rings (SSSR count). The highest BCUT2D eigenvalue weighted by Gasteiger charge is 2.26. The summed E-state index contributed by atoms with van der Waals surface area (Å²) in [5, 5.41) is 1.99. The molecule has 3 heterocycles. The van der Waals surface area contributed by atoms with Crippen molar-refractivity contribution >= 4 is 29.0 Å². The van der Waals surface area contributed by atoms with E-state index >= 15 is 0 Å². The van der Waals surface area contributed by atoms with Gasteiger partial charge in [-0.2, -0.15) is 0 Å². The average Bonchev–Trinajstić information content (AvgIpc) is 3.22. The molecule has 0 saturated carbocycles. The highest BCUT2D eigenvalue weighted by atomic mass is 32.1. The van der Waals surface area contributed by atoms with Crippen LogP contribution in [0.4, 0.5) is 0 Å². The van der Waals surface area contributed by atoms with Gasteiger partial charge in [0.15, 0.2) is 11.5 Å². The van der Waals surface area contributed by atoms with Crippen molar-refractivity contribution in [3.8, 4) is 11.5 Å². The topological polar surface area (TPSA) is 38.8 Å². The summed E-state index contributed by atoms with van der Waals surface area (Å²) in [5.41, 5.74) is 2.81. The fraction of sp³-hybridized carbons (Fsp3) is 0.167. The summed E-state index contributed by atoms with van der Waals surface area (Å²) >= 11 is 1.60. The van der Waals surface area contributed by atoms with E-state index in [1.54, 1.807) is 22.3 Å². The molecule has 0 radical (unpaired) electrons. The molecule has 23 heavy (non-hydrogen) atoms. The van der Waals surface area contributed by atoms with E-state index in [2.05, 4.69) is 6.58 Å². The molecular formula is C18H15NO3S. The number of amides is 1. The molecule has 2 aromatic rings. The fourth-order valence-electron chi connectivity index (χ4n) is 2.84. The van der Waals surface area contributed by atoms with Crippen LogP contribution in [-0.2, 0) is 11.2 Å². The number of ether oxygens (including phenoxy) is 2. The molecule has 1 aromatic heterocycles. The zero-order valence-corrected chi connectivity index (χ0v) is 13.3. The van der Waals surface area contributed by atoms with Crippen LogP contribution in [0.3, 0.4) is 0 Å². The molecule has 0 atom stereocenters. The smallest absolute Gasteiger partial charge is 0.251 e. The van der Waals surface area contributed by atoms with E-state index in [1.165, 1.54) is 0 Å². The van der Waals surface area contributed by atoms with Crippen LogP contribution in [0.1, 0.15) is 16.0 Å². The lowest BCUT2D eigenvalue weighted by Gasteiger charge is -2.30. The number of nitrogens with zero attached hydrogens (tertiary/aromatic N) is 1. The highest BCUT2D eigenvalue weighted by Crippen LogP contribution is 2.39. The zero-order chi connectivity index (χ0) is 15.8. The van der Waals surface area contributed by atoms with Crippen LogP contribution in [0.15, 0.2) is 42.3 Å². The van der Waals surface area contributed by atoms with E-state index in [9.17, 15) is 4.79 Å². The van der Waals surface area contributed by atoms with Gasteiger partial charge in [-0.15, -0.1) is 11.3 Å². The molecule has 2 aliphatic heterocycles. The number of carbonyl (C=O) groups is 1. The third kappa shape index (κ3) is 2.53. The number of carbonyl (C=O) groups excluding carboxylic acids is 1. The highest BCUT2D eigenvalue weighted by molar-refractivity contribution is 7.10. The van der Waals surface area contributed by atoms with Crippen LogP contribution in [-0.4, -0.2) is 24.1 Å². The van der Waals surface area contributed by atoms with Crippen molar-refractivity contribution in [1.82, 2.24) is 4.90 Å². The van der Waals surface area contributed by atoms with Gasteiger partial charge in [0, 0.05) is 28.8 Å². The summed E-state index contributed by atoms with van der Waals surface area (Å²) in [6, 6.07) is 7.86. The first-order chi connectivity index (χ1) is 11.2. The normalized spacial score (nSPS) is 16.0. The van der Waals surface area contributed by atoms with Gasteiger partial charge in [-0.1, -0.05) is 12.6 Å². The van der Waals surface area contributed by atoms with E-state index < -0.39 is 0 Å². The number of benzene rings is 1. The maximum absolute atomic E-state index is 12.5. The largest absolute Gasteiger partial charge is 0.454 e. The molecule has 0 N–H and O–H groups in total. The lowest BCUT2D eigenvalue weighted by Crippen LogP contribution is -2.33. The summed E-state index contributed by atoms with van der Waals surface area (Å²) in [6.45, 7) is 4.98. The van der Waals surface area contributed by atoms with Crippen molar-refractivity contribution < 1.29 is 14.3 Å². The molecule has 0 bridgehead atoms. The molecule has 2 aliphatic rings. The average molecular weight is 325 g/mol. The lowest BCUT2D eigenvalue weighted by atomic mass is 9.96. The van der Waals surface area contributed by atoms with Gasteiger partial charge in [0.25, 0.3) is 5.91 Å². The summed E-state index contributed by atoms with van der Waals surface area (Å²) < 4.78 is 10.8. The van der Waals surface area contributed by atoms with Crippen LogP contribution < -0.4 is 9.47 Å². The van der Waals surface area contributed by atoms with Crippen molar-refractivity contribution in [2.75, 3.05) is 13.3 Å². The van der Waals surface area contributed by atoms with Gasteiger partial charge in [-0.05, 0) is 41.6 Å². The van der Waals surface area contributed by atoms with E-state index in [1.807, 2.05) is 35.7 Å². The summed E-state index contributed by atoms with van der Waals surface area (Å²) in [6.07, 6.45) is 4.23. The zero-order valence-electron chi connectivity index (χ0n) is 12.5. The summed E-state index contributed by atoms with van der Waals surface area (Å²) in [4.78, 5) is 15.3. The molecule has 5 heteroatoms. The Balaban J connectivity index is 1.58. The first-order valence-electron chi connectivity index (χ1n) is 7.37. The minimum absolute atomic E-state index is 0.0493. The summed E-state index contributed by atoms with van der Waals surface area (Å²) in [5.74, 6) is 1.44. The number of thiophene rings is 1. The first kappa shape index (κ1) is 14.1. The predicted octanol–water partition coefficient (Wildman–Crippen LogP) is 3.55. The lowest BCUT2D eigenvalue weighted by molar-refractivity contribution is -0.123. The molecule has 0 saturated heterocycles. The quantitative estimate of drug-likeness (QED) is 0.793. The second-order valence-electron chi connectivity index (χ2n) is 5.40. The number of rotatable bonds is 2. The van der Waals surface area contributed by atoms with Gasteiger partial charge in [0.1, 0.15) is 0 Å². The van der Waals surface area contributed by atoms with Crippen molar-refractivity contribution in [3.05, 3.63) is 58.3 Å². The van der Waals surface area contributed by atoms with Gasteiger partial charge in [-0.25, -0.2) is 0 Å².